The number of aromatic nitrogens is 2. The molecule has 1 amide bonds. The Morgan fingerprint density at radius 3 is 2.81 bits per heavy atom. The van der Waals surface area contributed by atoms with Gasteiger partial charge in [-0.05, 0) is 6.08 Å². The van der Waals surface area contributed by atoms with Crippen LogP contribution < -0.4 is 5.46 Å². The number of carbonyl (C=O) groups is 1. The lowest BCUT2D eigenvalue weighted by Gasteiger charge is -2.38. The molecule has 0 unspecified atom stereocenters. The van der Waals surface area contributed by atoms with E-state index in [0.717, 1.165) is 0 Å². The van der Waals surface area contributed by atoms with Gasteiger partial charge in [0.1, 0.15) is 0 Å². The summed E-state index contributed by atoms with van der Waals surface area (Å²) in [6, 6.07) is 0.108. The van der Waals surface area contributed by atoms with Gasteiger partial charge >= 0.3 is 7.12 Å². The maximum Gasteiger partial charge on any atom is 0.491 e. The van der Waals surface area contributed by atoms with E-state index in [9.17, 15) is 4.79 Å². The van der Waals surface area contributed by atoms with Crippen LogP contribution in [0.15, 0.2) is 25.0 Å². The monoisotopic (exact) mass is 221 g/mol. The standard InChI is InChI=1S/C9H12BN3O3/c1-2-9(14)12-5-8(6-12)13-4-7(3-11-13)10(15)16/h2-4,8,15-16H,1,5-6H2. The second kappa shape index (κ2) is 4.11. The molecule has 1 saturated heterocycles. The minimum absolute atomic E-state index is 0.0918. The number of hydrogen-bond donors (Lipinski definition) is 2. The van der Waals surface area contributed by atoms with Crippen LogP contribution in [0, 0.1) is 0 Å². The molecule has 1 aliphatic heterocycles. The fourth-order valence-electron chi connectivity index (χ4n) is 1.62. The fraction of sp³-hybridized carbons (Fsp3) is 0.333. The van der Waals surface area contributed by atoms with Crippen molar-refractivity contribution in [3.63, 3.8) is 0 Å². The number of rotatable bonds is 3. The lowest BCUT2D eigenvalue weighted by atomic mass is 9.83. The summed E-state index contributed by atoms with van der Waals surface area (Å²) < 4.78 is 1.64. The minimum Gasteiger partial charge on any atom is -0.423 e. The van der Waals surface area contributed by atoms with E-state index >= 15 is 0 Å². The Morgan fingerprint density at radius 1 is 1.62 bits per heavy atom. The molecule has 1 aliphatic rings. The first-order valence-electron chi connectivity index (χ1n) is 4.93. The summed E-state index contributed by atoms with van der Waals surface area (Å²) in [7, 11) is -1.50. The van der Waals surface area contributed by atoms with Crippen molar-refractivity contribution in [3.05, 3.63) is 25.0 Å². The molecule has 6 nitrogen and oxygen atoms in total. The van der Waals surface area contributed by atoms with Crippen molar-refractivity contribution < 1.29 is 14.8 Å². The quantitative estimate of drug-likeness (QED) is 0.463. The molecule has 0 aromatic carbocycles. The summed E-state index contributed by atoms with van der Waals surface area (Å²) in [5.74, 6) is -0.0918. The second-order valence-electron chi connectivity index (χ2n) is 3.73. The summed E-state index contributed by atoms with van der Waals surface area (Å²) >= 11 is 0. The van der Waals surface area contributed by atoms with Crippen molar-refractivity contribution in [1.29, 1.82) is 0 Å². The predicted molar refractivity (Wildman–Crippen MR) is 57.9 cm³/mol. The summed E-state index contributed by atoms with van der Waals surface area (Å²) in [5.41, 5.74) is 0.355. The van der Waals surface area contributed by atoms with Crippen molar-refractivity contribution in [2.75, 3.05) is 13.1 Å². The first-order valence-corrected chi connectivity index (χ1v) is 4.93. The van der Waals surface area contributed by atoms with E-state index in [1.807, 2.05) is 0 Å². The topological polar surface area (TPSA) is 78.6 Å². The van der Waals surface area contributed by atoms with Crippen molar-refractivity contribution in [2.45, 2.75) is 6.04 Å². The van der Waals surface area contributed by atoms with Crippen molar-refractivity contribution in [2.24, 2.45) is 0 Å². The van der Waals surface area contributed by atoms with Crippen LogP contribution in [0.1, 0.15) is 6.04 Å². The molecule has 0 saturated carbocycles. The van der Waals surface area contributed by atoms with Crippen LogP contribution in [0.5, 0.6) is 0 Å². The first kappa shape index (κ1) is 10.9. The van der Waals surface area contributed by atoms with Crippen LogP contribution in [0.25, 0.3) is 0 Å². The molecule has 84 valence electrons. The highest BCUT2D eigenvalue weighted by atomic mass is 16.4. The fourth-order valence-corrected chi connectivity index (χ4v) is 1.62. The maximum atomic E-state index is 11.2. The number of amides is 1. The third-order valence-electron chi connectivity index (χ3n) is 2.64. The van der Waals surface area contributed by atoms with E-state index in [4.69, 9.17) is 10.0 Å². The highest BCUT2D eigenvalue weighted by Crippen LogP contribution is 2.19. The average Bonchev–Trinajstić information content (AvgIpc) is 2.64. The summed E-state index contributed by atoms with van der Waals surface area (Å²) in [6.45, 7) is 4.56. The van der Waals surface area contributed by atoms with E-state index in [0.29, 0.717) is 18.6 Å². The van der Waals surface area contributed by atoms with E-state index < -0.39 is 7.12 Å². The van der Waals surface area contributed by atoms with Gasteiger partial charge in [-0.3, -0.25) is 9.48 Å². The summed E-state index contributed by atoms with van der Waals surface area (Å²) in [6.07, 6.45) is 4.26. The third-order valence-corrected chi connectivity index (χ3v) is 2.64. The molecule has 7 heteroatoms. The van der Waals surface area contributed by atoms with Crippen molar-refractivity contribution >= 4 is 18.5 Å². The van der Waals surface area contributed by atoms with Crippen LogP contribution in [-0.4, -0.2) is 50.8 Å². The molecule has 0 spiro atoms. The van der Waals surface area contributed by atoms with E-state index in [1.54, 1.807) is 15.8 Å². The average molecular weight is 221 g/mol. The Bertz CT molecular complexity index is 412. The van der Waals surface area contributed by atoms with Gasteiger partial charge < -0.3 is 14.9 Å². The minimum atomic E-state index is -1.50. The van der Waals surface area contributed by atoms with E-state index in [-0.39, 0.29) is 11.9 Å². The van der Waals surface area contributed by atoms with Gasteiger partial charge in [-0.25, -0.2) is 0 Å². The maximum absolute atomic E-state index is 11.2. The number of likely N-dealkylation sites (tertiary alicyclic amines) is 1. The van der Waals surface area contributed by atoms with Crippen LogP contribution in [0.2, 0.25) is 0 Å². The summed E-state index contributed by atoms with van der Waals surface area (Å²) in [4.78, 5) is 12.8. The van der Waals surface area contributed by atoms with Crippen molar-refractivity contribution in [1.82, 2.24) is 14.7 Å². The van der Waals surface area contributed by atoms with Gasteiger partial charge in [0.2, 0.25) is 5.91 Å². The molecule has 0 atom stereocenters. The Labute approximate surface area is 92.9 Å². The Kier molecular flexibility index (Phi) is 2.80. The Hall–Kier alpha value is -1.60. The largest absolute Gasteiger partial charge is 0.491 e. The summed E-state index contributed by atoms with van der Waals surface area (Å²) in [5, 5.41) is 21.8. The first-order chi connectivity index (χ1) is 7.61. The van der Waals surface area contributed by atoms with Gasteiger partial charge in [-0.1, -0.05) is 6.58 Å². The van der Waals surface area contributed by atoms with Crippen LogP contribution in [0.3, 0.4) is 0 Å². The zero-order valence-corrected chi connectivity index (χ0v) is 8.65. The second-order valence-corrected chi connectivity index (χ2v) is 3.73. The lowest BCUT2D eigenvalue weighted by molar-refractivity contribution is -0.131. The zero-order valence-electron chi connectivity index (χ0n) is 8.65. The zero-order chi connectivity index (χ0) is 11.7. The Balaban J connectivity index is 1.96. The third kappa shape index (κ3) is 1.87. The van der Waals surface area contributed by atoms with Gasteiger partial charge in [0.15, 0.2) is 0 Å². The molecule has 1 fully saturated rings. The van der Waals surface area contributed by atoms with Gasteiger partial charge in [-0.15, -0.1) is 0 Å². The highest BCUT2D eigenvalue weighted by Gasteiger charge is 2.31. The van der Waals surface area contributed by atoms with Gasteiger partial charge in [0.25, 0.3) is 0 Å². The molecule has 0 radical (unpaired) electrons. The molecule has 2 heterocycles. The molecule has 0 bridgehead atoms. The van der Waals surface area contributed by atoms with Crippen molar-refractivity contribution in [3.8, 4) is 0 Å². The van der Waals surface area contributed by atoms with E-state index in [2.05, 4.69) is 11.7 Å². The van der Waals surface area contributed by atoms with Crippen LogP contribution in [0.4, 0.5) is 0 Å². The molecule has 1 aromatic rings. The number of carbonyl (C=O) groups excluding carboxylic acids is 1. The normalized spacial score (nSPS) is 15.8. The highest BCUT2D eigenvalue weighted by molar-refractivity contribution is 6.58. The lowest BCUT2D eigenvalue weighted by Crippen LogP contribution is -2.50. The van der Waals surface area contributed by atoms with Gasteiger partial charge in [-0.2, -0.15) is 5.10 Å². The number of hydrogen-bond acceptors (Lipinski definition) is 4. The Morgan fingerprint density at radius 2 is 2.31 bits per heavy atom. The van der Waals surface area contributed by atoms with Gasteiger partial charge in [0, 0.05) is 30.9 Å². The molecule has 2 N–H and O–H groups in total. The SMILES string of the molecule is C=CC(=O)N1CC(n2cc(B(O)O)cn2)C1. The molecule has 0 aliphatic carbocycles. The van der Waals surface area contributed by atoms with Crippen LogP contribution in [-0.2, 0) is 4.79 Å². The molecule has 2 rings (SSSR count). The predicted octanol–water partition coefficient (Wildman–Crippen LogP) is -1.87. The molecule has 1 aromatic heterocycles. The van der Waals surface area contributed by atoms with E-state index in [1.165, 1.54) is 12.3 Å². The van der Waals surface area contributed by atoms with Gasteiger partial charge in [0.05, 0.1) is 6.04 Å². The molecular weight excluding hydrogens is 209 g/mol. The smallest absolute Gasteiger partial charge is 0.423 e. The van der Waals surface area contributed by atoms with Crippen LogP contribution >= 0.6 is 0 Å². The molecular formula is C9H12BN3O3. The molecule has 16 heavy (non-hydrogen) atoms. The number of nitrogens with zero attached hydrogens (tertiary/aromatic N) is 3.